The summed E-state index contributed by atoms with van der Waals surface area (Å²) >= 11 is 0. The van der Waals surface area contributed by atoms with Gasteiger partial charge in [-0.25, -0.2) is 4.98 Å². The predicted molar refractivity (Wildman–Crippen MR) is 65.5 cm³/mol. The molecule has 17 heavy (non-hydrogen) atoms. The van der Waals surface area contributed by atoms with Gasteiger partial charge in [-0.05, 0) is 33.8 Å². The summed E-state index contributed by atoms with van der Waals surface area (Å²) in [4.78, 5) is 4.23. The van der Waals surface area contributed by atoms with E-state index >= 15 is 0 Å². The zero-order valence-corrected chi connectivity index (χ0v) is 10.7. The van der Waals surface area contributed by atoms with Crippen LogP contribution >= 0.6 is 0 Å². The van der Waals surface area contributed by atoms with E-state index in [2.05, 4.69) is 31.1 Å². The molecule has 0 aliphatic carbocycles. The van der Waals surface area contributed by atoms with Gasteiger partial charge in [0.2, 0.25) is 0 Å². The van der Waals surface area contributed by atoms with Crippen LogP contribution in [0.2, 0.25) is 0 Å². The van der Waals surface area contributed by atoms with Gasteiger partial charge in [0.25, 0.3) is 0 Å². The fourth-order valence-corrected chi connectivity index (χ4v) is 1.54. The molecule has 0 radical (unpaired) electrons. The Bertz CT molecular complexity index is 491. The summed E-state index contributed by atoms with van der Waals surface area (Å²) < 4.78 is 10.7. The summed E-state index contributed by atoms with van der Waals surface area (Å²) in [5, 5.41) is 3.39. The van der Waals surface area contributed by atoms with Crippen LogP contribution in [0, 0.1) is 6.92 Å². The second kappa shape index (κ2) is 4.37. The van der Waals surface area contributed by atoms with E-state index in [0.717, 1.165) is 22.8 Å². The standard InChI is InChI=1S/C13H18N2O2/c1-9-5-10(7-16-9)12-11(14-8-17-12)6-15-13(2,3)4/h5,7-8,15H,6H2,1-4H3. The molecule has 4 heteroatoms. The van der Waals surface area contributed by atoms with Crippen LogP contribution in [0.25, 0.3) is 11.3 Å². The smallest absolute Gasteiger partial charge is 0.181 e. The van der Waals surface area contributed by atoms with Gasteiger partial charge in [0.1, 0.15) is 17.7 Å². The van der Waals surface area contributed by atoms with Crippen LogP contribution in [-0.2, 0) is 6.54 Å². The van der Waals surface area contributed by atoms with Crippen LogP contribution in [0.5, 0.6) is 0 Å². The largest absolute Gasteiger partial charge is 0.469 e. The van der Waals surface area contributed by atoms with Gasteiger partial charge in [0.15, 0.2) is 12.2 Å². The highest BCUT2D eigenvalue weighted by Crippen LogP contribution is 2.25. The number of nitrogens with zero attached hydrogens (tertiary/aromatic N) is 1. The van der Waals surface area contributed by atoms with Gasteiger partial charge < -0.3 is 14.2 Å². The molecule has 0 aliphatic rings. The molecule has 0 spiro atoms. The Morgan fingerprint density at radius 2 is 2.06 bits per heavy atom. The SMILES string of the molecule is Cc1cc(-c2ocnc2CNC(C)(C)C)co1. The average Bonchev–Trinajstić information content (AvgIpc) is 2.81. The molecule has 2 aromatic rings. The lowest BCUT2D eigenvalue weighted by atomic mass is 10.1. The van der Waals surface area contributed by atoms with Gasteiger partial charge in [0, 0.05) is 12.1 Å². The first-order valence-corrected chi connectivity index (χ1v) is 5.68. The van der Waals surface area contributed by atoms with Crippen LogP contribution < -0.4 is 5.32 Å². The van der Waals surface area contributed by atoms with Gasteiger partial charge in [0.05, 0.1) is 5.56 Å². The molecule has 0 unspecified atom stereocenters. The van der Waals surface area contributed by atoms with E-state index in [9.17, 15) is 0 Å². The van der Waals surface area contributed by atoms with Gasteiger partial charge in [-0.3, -0.25) is 0 Å². The third-order valence-corrected chi connectivity index (χ3v) is 2.42. The molecule has 92 valence electrons. The van der Waals surface area contributed by atoms with Crippen molar-refractivity contribution in [3.63, 3.8) is 0 Å². The Morgan fingerprint density at radius 3 is 2.65 bits per heavy atom. The van der Waals surface area contributed by atoms with Gasteiger partial charge in [-0.2, -0.15) is 0 Å². The van der Waals surface area contributed by atoms with Crippen molar-refractivity contribution < 1.29 is 8.83 Å². The maximum absolute atomic E-state index is 5.42. The van der Waals surface area contributed by atoms with Crippen molar-refractivity contribution in [3.8, 4) is 11.3 Å². The van der Waals surface area contributed by atoms with Crippen molar-refractivity contribution in [3.05, 3.63) is 30.2 Å². The molecule has 2 heterocycles. The number of rotatable bonds is 3. The highest BCUT2D eigenvalue weighted by atomic mass is 16.3. The first-order chi connectivity index (χ1) is 7.96. The number of hydrogen-bond acceptors (Lipinski definition) is 4. The Hall–Kier alpha value is -1.55. The van der Waals surface area contributed by atoms with Crippen LogP contribution in [0.15, 0.2) is 27.6 Å². The first-order valence-electron chi connectivity index (χ1n) is 5.68. The van der Waals surface area contributed by atoms with Gasteiger partial charge in [-0.15, -0.1) is 0 Å². The fourth-order valence-electron chi connectivity index (χ4n) is 1.54. The molecule has 2 aromatic heterocycles. The number of hydrogen-bond donors (Lipinski definition) is 1. The predicted octanol–water partition coefficient (Wildman–Crippen LogP) is 3.13. The zero-order chi connectivity index (χ0) is 12.5. The highest BCUT2D eigenvalue weighted by molar-refractivity contribution is 5.58. The van der Waals surface area contributed by atoms with Crippen LogP contribution in [-0.4, -0.2) is 10.5 Å². The fraction of sp³-hybridized carbons (Fsp3) is 0.462. The Balaban J connectivity index is 2.17. The summed E-state index contributed by atoms with van der Waals surface area (Å²) in [7, 11) is 0. The van der Waals surface area contributed by atoms with E-state index in [1.165, 1.54) is 6.39 Å². The van der Waals surface area contributed by atoms with Crippen LogP contribution in [0.3, 0.4) is 0 Å². The third kappa shape index (κ3) is 2.97. The van der Waals surface area contributed by atoms with Gasteiger partial charge >= 0.3 is 0 Å². The minimum atomic E-state index is 0.0581. The average molecular weight is 234 g/mol. The maximum Gasteiger partial charge on any atom is 0.181 e. The summed E-state index contributed by atoms with van der Waals surface area (Å²) in [5.41, 5.74) is 1.90. The molecular formula is C13H18N2O2. The molecule has 0 bridgehead atoms. The topological polar surface area (TPSA) is 51.2 Å². The van der Waals surface area contributed by atoms with E-state index in [0.29, 0.717) is 6.54 Å². The molecule has 4 nitrogen and oxygen atoms in total. The highest BCUT2D eigenvalue weighted by Gasteiger charge is 2.15. The quantitative estimate of drug-likeness (QED) is 0.886. The van der Waals surface area contributed by atoms with Crippen molar-refractivity contribution in [1.29, 1.82) is 0 Å². The normalized spacial score (nSPS) is 12.0. The number of furan rings is 1. The number of aromatic nitrogens is 1. The Morgan fingerprint density at radius 1 is 1.29 bits per heavy atom. The Labute approximate surface area is 101 Å². The molecule has 0 aromatic carbocycles. The van der Waals surface area contributed by atoms with Gasteiger partial charge in [-0.1, -0.05) is 0 Å². The monoisotopic (exact) mass is 234 g/mol. The first kappa shape index (κ1) is 11.9. The lowest BCUT2D eigenvalue weighted by molar-refractivity contribution is 0.421. The molecule has 0 fully saturated rings. The zero-order valence-electron chi connectivity index (χ0n) is 10.7. The van der Waals surface area contributed by atoms with Crippen molar-refractivity contribution in [2.75, 3.05) is 0 Å². The molecule has 0 atom stereocenters. The van der Waals surface area contributed by atoms with E-state index in [-0.39, 0.29) is 5.54 Å². The molecule has 0 saturated heterocycles. The van der Waals surface area contributed by atoms with E-state index in [1.807, 2.05) is 13.0 Å². The van der Waals surface area contributed by atoms with E-state index < -0.39 is 0 Å². The number of oxazole rings is 1. The molecule has 2 rings (SSSR count). The second-order valence-corrected chi connectivity index (χ2v) is 5.18. The second-order valence-electron chi connectivity index (χ2n) is 5.18. The van der Waals surface area contributed by atoms with Crippen LogP contribution in [0.1, 0.15) is 32.2 Å². The summed E-state index contributed by atoms with van der Waals surface area (Å²) in [6.45, 7) is 8.95. The van der Waals surface area contributed by atoms with E-state index in [1.54, 1.807) is 6.26 Å². The lowest BCUT2D eigenvalue weighted by Crippen LogP contribution is -2.35. The van der Waals surface area contributed by atoms with Crippen molar-refractivity contribution in [1.82, 2.24) is 10.3 Å². The molecule has 1 N–H and O–H groups in total. The number of aryl methyl sites for hydroxylation is 1. The van der Waals surface area contributed by atoms with Crippen LogP contribution in [0.4, 0.5) is 0 Å². The Kier molecular flexibility index (Phi) is 3.07. The maximum atomic E-state index is 5.42. The minimum absolute atomic E-state index is 0.0581. The molecule has 0 saturated carbocycles. The summed E-state index contributed by atoms with van der Waals surface area (Å²) in [6.07, 6.45) is 3.16. The lowest BCUT2D eigenvalue weighted by Gasteiger charge is -2.19. The summed E-state index contributed by atoms with van der Waals surface area (Å²) in [5.74, 6) is 1.64. The third-order valence-electron chi connectivity index (χ3n) is 2.42. The minimum Gasteiger partial charge on any atom is -0.469 e. The van der Waals surface area contributed by atoms with Crippen molar-refractivity contribution >= 4 is 0 Å². The van der Waals surface area contributed by atoms with Crippen molar-refractivity contribution in [2.24, 2.45) is 0 Å². The molecule has 0 aliphatic heterocycles. The van der Waals surface area contributed by atoms with E-state index in [4.69, 9.17) is 8.83 Å². The number of nitrogens with one attached hydrogen (secondary N) is 1. The summed E-state index contributed by atoms with van der Waals surface area (Å²) in [6, 6.07) is 1.95. The molecule has 0 amide bonds. The van der Waals surface area contributed by atoms with Crippen molar-refractivity contribution in [2.45, 2.75) is 39.8 Å². The molecular weight excluding hydrogens is 216 g/mol.